The minimum Gasteiger partial charge on any atom is -0.508 e. The molecule has 1 saturated heterocycles. The van der Waals surface area contributed by atoms with Gasteiger partial charge in [0.25, 0.3) is 0 Å². The van der Waals surface area contributed by atoms with E-state index in [1.165, 1.54) is 17.5 Å². The van der Waals surface area contributed by atoms with E-state index in [-0.39, 0.29) is 17.6 Å². The Kier molecular flexibility index (Phi) is 4.40. The molecule has 2 N–H and O–H groups in total. The Morgan fingerprint density at radius 1 is 1.15 bits per heavy atom. The molecule has 4 aliphatic rings. The Morgan fingerprint density at radius 2 is 2.04 bits per heavy atom. The second-order valence-electron chi connectivity index (χ2n) is 9.53. The number of aliphatic hydroxyl groups is 1. The monoisotopic (exact) mass is 372 g/mol. The van der Waals surface area contributed by atoms with Crippen LogP contribution in [0.4, 0.5) is 0 Å². The number of ether oxygens (including phenoxy) is 2. The van der Waals surface area contributed by atoms with Gasteiger partial charge in [0.15, 0.2) is 0 Å². The number of phenols is 1. The molecule has 6 atom stereocenters. The Labute approximate surface area is 161 Å². The summed E-state index contributed by atoms with van der Waals surface area (Å²) in [5.74, 6) is 2.94. The van der Waals surface area contributed by atoms with Crippen LogP contribution in [0.25, 0.3) is 0 Å². The lowest BCUT2D eigenvalue weighted by Gasteiger charge is -2.50. The largest absolute Gasteiger partial charge is 0.508 e. The van der Waals surface area contributed by atoms with Gasteiger partial charge in [0.05, 0.1) is 12.7 Å². The SMILES string of the molecule is C[C@]12CC[C@@H]3c4c(cc(O)cc4OC4CCCOC4)CC[C@H]3[C@@H]1CC[C@H]2O. The summed E-state index contributed by atoms with van der Waals surface area (Å²) in [5, 5.41) is 20.9. The van der Waals surface area contributed by atoms with E-state index in [9.17, 15) is 10.2 Å². The second-order valence-corrected chi connectivity index (χ2v) is 9.53. The van der Waals surface area contributed by atoms with Gasteiger partial charge in [0.2, 0.25) is 0 Å². The van der Waals surface area contributed by atoms with Crippen molar-refractivity contribution < 1.29 is 19.7 Å². The van der Waals surface area contributed by atoms with Crippen molar-refractivity contribution in [1.82, 2.24) is 0 Å². The van der Waals surface area contributed by atoms with Crippen molar-refractivity contribution in [2.24, 2.45) is 17.3 Å². The number of hydrogen-bond donors (Lipinski definition) is 2. The van der Waals surface area contributed by atoms with E-state index in [2.05, 4.69) is 6.92 Å². The van der Waals surface area contributed by atoms with E-state index >= 15 is 0 Å². The zero-order chi connectivity index (χ0) is 18.6. The second kappa shape index (κ2) is 6.66. The van der Waals surface area contributed by atoms with Gasteiger partial charge < -0.3 is 19.7 Å². The van der Waals surface area contributed by atoms with Crippen molar-refractivity contribution in [3.63, 3.8) is 0 Å². The highest BCUT2D eigenvalue weighted by molar-refractivity contribution is 5.50. The Bertz CT molecular complexity index is 711. The van der Waals surface area contributed by atoms with Crippen LogP contribution in [0.2, 0.25) is 0 Å². The van der Waals surface area contributed by atoms with Crippen LogP contribution < -0.4 is 4.74 Å². The first kappa shape index (κ1) is 17.8. The van der Waals surface area contributed by atoms with Gasteiger partial charge >= 0.3 is 0 Å². The minimum atomic E-state index is -0.139. The first-order valence-corrected chi connectivity index (χ1v) is 10.8. The highest BCUT2D eigenvalue weighted by Gasteiger charge is 2.54. The van der Waals surface area contributed by atoms with E-state index in [0.717, 1.165) is 57.3 Å². The molecular formula is C23H32O4. The number of benzene rings is 1. The average Bonchev–Trinajstić information content (AvgIpc) is 2.97. The predicted molar refractivity (Wildman–Crippen MR) is 103 cm³/mol. The highest BCUT2D eigenvalue weighted by atomic mass is 16.5. The van der Waals surface area contributed by atoms with Crippen LogP contribution in [0.3, 0.4) is 0 Å². The zero-order valence-electron chi connectivity index (χ0n) is 16.3. The van der Waals surface area contributed by atoms with E-state index < -0.39 is 0 Å². The maximum absolute atomic E-state index is 10.6. The summed E-state index contributed by atoms with van der Waals surface area (Å²) in [6, 6.07) is 3.78. The molecule has 0 bridgehead atoms. The van der Waals surface area contributed by atoms with Crippen molar-refractivity contribution in [1.29, 1.82) is 0 Å². The number of phenolic OH excluding ortho intramolecular Hbond substituents is 1. The van der Waals surface area contributed by atoms with Gasteiger partial charge in [-0.1, -0.05) is 6.92 Å². The summed E-state index contributed by atoms with van der Waals surface area (Å²) in [5.41, 5.74) is 2.71. The molecule has 0 aromatic heterocycles. The summed E-state index contributed by atoms with van der Waals surface area (Å²) < 4.78 is 12.0. The summed E-state index contributed by atoms with van der Waals surface area (Å²) in [7, 11) is 0. The van der Waals surface area contributed by atoms with Gasteiger partial charge in [-0.25, -0.2) is 0 Å². The standard InChI is InChI=1S/C23H32O4/c1-23-9-8-18-17(19(23)6-7-21(23)25)5-4-14-11-15(24)12-20(22(14)18)27-16-3-2-10-26-13-16/h11-12,16-19,21,24-25H,2-10,13H2,1H3/t16?,17-,18+,19+,21-,23+/m1/s1. The van der Waals surface area contributed by atoms with Gasteiger partial charge in [-0.05, 0) is 86.2 Å². The quantitative estimate of drug-likeness (QED) is 0.818. The fourth-order valence-corrected chi connectivity index (χ4v) is 6.72. The Balaban J connectivity index is 1.49. The first-order chi connectivity index (χ1) is 13.1. The number of fused-ring (bicyclic) bond motifs is 5. The average molecular weight is 373 g/mol. The highest BCUT2D eigenvalue weighted by Crippen LogP contribution is 2.62. The van der Waals surface area contributed by atoms with Crippen molar-refractivity contribution in [3.05, 3.63) is 23.3 Å². The molecule has 0 amide bonds. The molecule has 3 aliphatic carbocycles. The molecule has 0 radical (unpaired) electrons. The minimum absolute atomic E-state index is 0.0900. The molecule has 1 aliphatic heterocycles. The van der Waals surface area contributed by atoms with Crippen LogP contribution in [0.15, 0.2) is 12.1 Å². The van der Waals surface area contributed by atoms with E-state index in [1.54, 1.807) is 0 Å². The lowest BCUT2D eigenvalue weighted by molar-refractivity contribution is -0.0242. The predicted octanol–water partition coefficient (Wildman–Crippen LogP) is 4.17. The molecule has 1 aromatic rings. The van der Waals surface area contributed by atoms with Crippen molar-refractivity contribution in [3.8, 4) is 11.5 Å². The van der Waals surface area contributed by atoms with Crippen LogP contribution >= 0.6 is 0 Å². The number of rotatable bonds is 2. The zero-order valence-corrected chi connectivity index (χ0v) is 16.3. The summed E-state index contributed by atoms with van der Waals surface area (Å²) in [6.45, 7) is 3.78. The van der Waals surface area contributed by atoms with E-state index in [4.69, 9.17) is 9.47 Å². The number of aliphatic hydroxyl groups excluding tert-OH is 1. The van der Waals surface area contributed by atoms with E-state index in [0.29, 0.717) is 30.1 Å². The van der Waals surface area contributed by atoms with E-state index in [1.807, 2.05) is 12.1 Å². The smallest absolute Gasteiger partial charge is 0.127 e. The molecule has 4 heteroatoms. The number of aromatic hydroxyl groups is 1. The molecule has 2 saturated carbocycles. The maximum Gasteiger partial charge on any atom is 0.127 e. The lowest BCUT2D eigenvalue weighted by atomic mass is 9.55. The Hall–Kier alpha value is -1.26. The van der Waals surface area contributed by atoms with Crippen LogP contribution in [0.5, 0.6) is 11.5 Å². The molecule has 5 rings (SSSR count). The van der Waals surface area contributed by atoms with Crippen LogP contribution in [-0.4, -0.2) is 35.6 Å². The van der Waals surface area contributed by atoms with Gasteiger partial charge in [-0.15, -0.1) is 0 Å². The molecule has 1 heterocycles. The van der Waals surface area contributed by atoms with Gasteiger partial charge in [-0.3, -0.25) is 0 Å². The van der Waals surface area contributed by atoms with Crippen molar-refractivity contribution in [2.45, 2.75) is 76.4 Å². The topological polar surface area (TPSA) is 58.9 Å². The fraction of sp³-hybridized carbons (Fsp3) is 0.739. The summed E-state index contributed by atoms with van der Waals surface area (Å²) >= 11 is 0. The van der Waals surface area contributed by atoms with Crippen molar-refractivity contribution >= 4 is 0 Å². The molecular weight excluding hydrogens is 340 g/mol. The molecule has 3 fully saturated rings. The van der Waals surface area contributed by atoms with Crippen LogP contribution in [0.1, 0.15) is 68.9 Å². The first-order valence-electron chi connectivity index (χ1n) is 10.8. The summed E-state index contributed by atoms with van der Waals surface area (Å²) in [4.78, 5) is 0. The molecule has 4 nitrogen and oxygen atoms in total. The molecule has 1 unspecified atom stereocenters. The Morgan fingerprint density at radius 3 is 2.85 bits per heavy atom. The van der Waals surface area contributed by atoms with Crippen LogP contribution in [0, 0.1) is 17.3 Å². The molecule has 27 heavy (non-hydrogen) atoms. The van der Waals surface area contributed by atoms with Gasteiger partial charge in [-0.2, -0.15) is 0 Å². The third kappa shape index (κ3) is 2.87. The number of hydrogen-bond acceptors (Lipinski definition) is 4. The van der Waals surface area contributed by atoms with Gasteiger partial charge in [0, 0.05) is 18.2 Å². The third-order valence-corrected chi connectivity index (χ3v) is 8.13. The van der Waals surface area contributed by atoms with Crippen molar-refractivity contribution in [2.75, 3.05) is 13.2 Å². The molecule has 148 valence electrons. The molecule has 1 aromatic carbocycles. The normalized spacial score (nSPS) is 40.7. The third-order valence-electron chi connectivity index (χ3n) is 8.13. The fourth-order valence-electron chi connectivity index (χ4n) is 6.72. The van der Waals surface area contributed by atoms with Gasteiger partial charge in [0.1, 0.15) is 17.6 Å². The summed E-state index contributed by atoms with van der Waals surface area (Å²) in [6.07, 6.45) is 8.49. The number of aryl methyl sites for hydroxylation is 1. The molecule has 0 spiro atoms. The van der Waals surface area contributed by atoms with Crippen LogP contribution in [-0.2, 0) is 11.2 Å². The lowest BCUT2D eigenvalue weighted by Crippen LogP contribution is -2.44. The maximum atomic E-state index is 10.6.